The Bertz CT molecular complexity index is 971. The van der Waals surface area contributed by atoms with Crippen molar-refractivity contribution in [1.82, 2.24) is 0 Å². The third-order valence-corrected chi connectivity index (χ3v) is 9.42. The monoisotopic (exact) mass is 308 g/mol. The van der Waals surface area contributed by atoms with Crippen molar-refractivity contribution >= 4 is 0 Å². The number of fused-ring (bicyclic) bond motifs is 5. The Morgan fingerprint density at radius 3 is 1.71 bits per heavy atom. The van der Waals surface area contributed by atoms with Crippen LogP contribution in [0.3, 0.4) is 0 Å². The first-order valence-corrected chi connectivity index (χ1v) is 10.3. The van der Waals surface area contributed by atoms with Gasteiger partial charge in [-0.05, 0) is 111 Å². The van der Waals surface area contributed by atoms with Gasteiger partial charge < -0.3 is 0 Å². The molecule has 0 aromatic heterocycles. The van der Waals surface area contributed by atoms with Gasteiger partial charge in [0.15, 0.2) is 0 Å². The summed E-state index contributed by atoms with van der Waals surface area (Å²) in [4.78, 5) is 0. The highest BCUT2D eigenvalue weighted by molar-refractivity contribution is 5.94. The molecule has 1 saturated carbocycles. The average Bonchev–Trinajstić information content (AvgIpc) is 3.14. The molecule has 0 heteroatoms. The Balaban J connectivity index is 1.54. The molecule has 0 spiro atoms. The van der Waals surface area contributed by atoms with E-state index in [0.717, 1.165) is 35.5 Å². The summed E-state index contributed by atoms with van der Waals surface area (Å²) in [7, 11) is 0. The Morgan fingerprint density at radius 2 is 1.17 bits per heavy atom. The largest absolute Gasteiger partial charge is 0.0546 e. The van der Waals surface area contributed by atoms with Gasteiger partial charge in [0.1, 0.15) is 0 Å². The lowest BCUT2D eigenvalue weighted by Crippen LogP contribution is -2.28. The zero-order chi connectivity index (χ0) is 14.9. The van der Waals surface area contributed by atoms with E-state index in [0.29, 0.717) is 0 Å². The number of hydrogen-bond donors (Lipinski definition) is 0. The molecule has 0 heterocycles. The van der Waals surface area contributed by atoms with Crippen molar-refractivity contribution in [2.45, 2.75) is 68.1 Å². The van der Waals surface area contributed by atoms with Gasteiger partial charge >= 0.3 is 0 Å². The molecule has 4 atom stereocenters. The quantitative estimate of drug-likeness (QED) is 0.605. The Labute approximate surface area is 142 Å². The van der Waals surface area contributed by atoms with Crippen LogP contribution >= 0.6 is 0 Å². The second kappa shape index (κ2) is 3.02. The summed E-state index contributed by atoms with van der Waals surface area (Å²) in [6, 6.07) is 5.41. The van der Waals surface area contributed by atoms with Crippen LogP contribution in [-0.4, -0.2) is 0 Å². The van der Waals surface area contributed by atoms with Gasteiger partial charge in [0, 0.05) is 5.92 Å². The molecule has 2 aromatic rings. The van der Waals surface area contributed by atoms with E-state index in [1.165, 1.54) is 38.5 Å². The zero-order valence-corrected chi connectivity index (χ0v) is 13.9. The first-order chi connectivity index (χ1) is 11.9. The van der Waals surface area contributed by atoms with Gasteiger partial charge in [-0.2, -0.15) is 0 Å². The van der Waals surface area contributed by atoms with Crippen molar-refractivity contribution in [3.8, 4) is 11.1 Å². The minimum absolute atomic E-state index is 0.845. The molecule has 0 bridgehead atoms. The van der Waals surface area contributed by atoms with Crippen molar-refractivity contribution in [2.75, 3.05) is 0 Å². The lowest BCUT2D eigenvalue weighted by atomic mass is 9.63. The standard InChI is InChI=1S/C24H20/c1-2-4-12-11(3-1)13-5-9-7-15-17(9)22-20(13)21-14(12)6-10-8-16-18(10)23(21)24(22)19(15)16/h5-6,11-12,15-16,19,24H,1-4,7-8H2. The highest BCUT2D eigenvalue weighted by Gasteiger charge is 2.63. The summed E-state index contributed by atoms with van der Waals surface area (Å²) < 4.78 is 0. The van der Waals surface area contributed by atoms with Crippen molar-refractivity contribution in [3.05, 3.63) is 56.6 Å². The number of rotatable bonds is 0. The molecule has 0 radical (unpaired) electrons. The molecule has 1 fully saturated rings. The first-order valence-electron chi connectivity index (χ1n) is 10.3. The molecular weight excluding hydrogens is 288 g/mol. The smallest absolute Gasteiger partial charge is 0.0148 e. The van der Waals surface area contributed by atoms with Gasteiger partial charge in [0.2, 0.25) is 0 Å². The fourth-order valence-corrected chi connectivity index (χ4v) is 8.83. The maximum Gasteiger partial charge on any atom is 0.0148 e. The predicted molar refractivity (Wildman–Crippen MR) is 94.1 cm³/mol. The molecule has 0 N–H and O–H groups in total. The Morgan fingerprint density at radius 1 is 0.625 bits per heavy atom. The maximum atomic E-state index is 2.71. The van der Waals surface area contributed by atoms with Crippen molar-refractivity contribution in [2.24, 2.45) is 5.92 Å². The third kappa shape index (κ3) is 0.814. The molecule has 9 rings (SSSR count). The molecule has 24 heavy (non-hydrogen) atoms. The maximum absolute atomic E-state index is 2.71. The molecular formula is C24H20. The Hall–Kier alpha value is -1.56. The average molecular weight is 308 g/mol. The molecule has 0 amide bonds. The molecule has 2 aromatic carbocycles. The van der Waals surface area contributed by atoms with Crippen LogP contribution < -0.4 is 0 Å². The summed E-state index contributed by atoms with van der Waals surface area (Å²) in [6.45, 7) is 0. The van der Waals surface area contributed by atoms with Crippen molar-refractivity contribution in [3.63, 3.8) is 0 Å². The second-order valence-electron chi connectivity index (χ2n) is 9.83. The highest BCUT2D eigenvalue weighted by atomic mass is 14.7. The lowest BCUT2D eigenvalue weighted by Gasteiger charge is -2.41. The molecule has 4 unspecified atom stereocenters. The molecule has 7 aliphatic rings. The van der Waals surface area contributed by atoms with Gasteiger partial charge in [-0.25, -0.2) is 0 Å². The summed E-state index contributed by atoms with van der Waals surface area (Å²) in [5.74, 6) is 5.40. The van der Waals surface area contributed by atoms with E-state index in [2.05, 4.69) is 12.1 Å². The van der Waals surface area contributed by atoms with Crippen LogP contribution in [-0.2, 0) is 12.8 Å². The van der Waals surface area contributed by atoms with Gasteiger partial charge in [0.05, 0.1) is 0 Å². The van der Waals surface area contributed by atoms with E-state index in [4.69, 9.17) is 0 Å². The number of hydrogen-bond acceptors (Lipinski definition) is 0. The third-order valence-electron chi connectivity index (χ3n) is 9.42. The first kappa shape index (κ1) is 11.1. The van der Waals surface area contributed by atoms with Gasteiger partial charge in [-0.1, -0.05) is 25.0 Å². The minimum Gasteiger partial charge on any atom is -0.0546 e. The fraction of sp³-hybridized carbons (Fsp3) is 0.500. The molecule has 0 aliphatic heterocycles. The van der Waals surface area contributed by atoms with E-state index in [-0.39, 0.29) is 0 Å². The lowest BCUT2D eigenvalue weighted by molar-refractivity contribution is 0.336. The topological polar surface area (TPSA) is 0 Å². The van der Waals surface area contributed by atoms with Crippen LogP contribution in [0.15, 0.2) is 12.1 Å². The van der Waals surface area contributed by atoms with Crippen LogP contribution in [0, 0.1) is 5.92 Å². The van der Waals surface area contributed by atoms with Gasteiger partial charge in [-0.3, -0.25) is 0 Å². The molecule has 116 valence electrons. The van der Waals surface area contributed by atoms with E-state index >= 15 is 0 Å². The van der Waals surface area contributed by atoms with Crippen LogP contribution in [0.5, 0.6) is 0 Å². The summed E-state index contributed by atoms with van der Waals surface area (Å²) >= 11 is 0. The summed E-state index contributed by atoms with van der Waals surface area (Å²) in [5, 5.41) is 0. The van der Waals surface area contributed by atoms with Crippen molar-refractivity contribution < 1.29 is 0 Å². The van der Waals surface area contributed by atoms with Crippen LogP contribution in [0.25, 0.3) is 11.1 Å². The Kier molecular flexibility index (Phi) is 1.40. The van der Waals surface area contributed by atoms with Crippen LogP contribution in [0.4, 0.5) is 0 Å². The SMILES string of the molecule is c1c2c3c4c5c1C1CCCCC1c1cc6c7c(c1-5)C4C(C3C2)C7C6. The molecule has 0 nitrogen and oxygen atoms in total. The normalized spacial score (nSPS) is 41.2. The predicted octanol–water partition coefficient (Wildman–Crippen LogP) is 5.48. The van der Waals surface area contributed by atoms with Crippen molar-refractivity contribution in [1.29, 1.82) is 0 Å². The summed E-state index contributed by atoms with van der Waals surface area (Å²) in [6.07, 6.45) is 8.63. The second-order valence-corrected chi connectivity index (χ2v) is 9.83. The van der Waals surface area contributed by atoms with E-state index in [9.17, 15) is 0 Å². The minimum atomic E-state index is 0.845. The highest BCUT2D eigenvalue weighted by Crippen LogP contribution is 2.77. The van der Waals surface area contributed by atoms with E-state index in [1.54, 1.807) is 33.4 Å². The van der Waals surface area contributed by atoms with E-state index < -0.39 is 0 Å². The van der Waals surface area contributed by atoms with Crippen LogP contribution in [0.1, 0.15) is 99.8 Å². The van der Waals surface area contributed by atoms with Crippen LogP contribution in [0.2, 0.25) is 0 Å². The van der Waals surface area contributed by atoms with Gasteiger partial charge in [0.25, 0.3) is 0 Å². The molecule has 0 saturated heterocycles. The van der Waals surface area contributed by atoms with Gasteiger partial charge in [-0.15, -0.1) is 0 Å². The zero-order valence-electron chi connectivity index (χ0n) is 13.9. The van der Waals surface area contributed by atoms with E-state index in [1.807, 2.05) is 22.3 Å². The molecule has 7 aliphatic carbocycles. The number of benzene rings is 2. The summed E-state index contributed by atoms with van der Waals surface area (Å²) in [5.41, 5.74) is 18.2. The fourth-order valence-electron chi connectivity index (χ4n) is 8.83.